The van der Waals surface area contributed by atoms with Crippen molar-refractivity contribution in [3.63, 3.8) is 0 Å². The third-order valence-electron chi connectivity index (χ3n) is 1.97. The van der Waals surface area contributed by atoms with Crippen molar-refractivity contribution >= 4 is 5.91 Å². The lowest BCUT2D eigenvalue weighted by atomic mass is 10.1. The summed E-state index contributed by atoms with van der Waals surface area (Å²) in [5.41, 5.74) is 6.56. The standard InChI is InChI=1S/C14H18N2O/c1-14(2,3)16-13(17)12-8-6-11(7-9-12)5-4-10-15/h6-9H,10,15H2,1-3H3,(H,16,17). The van der Waals surface area contributed by atoms with Gasteiger partial charge in [-0.25, -0.2) is 0 Å². The van der Waals surface area contributed by atoms with Crippen LogP contribution in [0.3, 0.4) is 0 Å². The molecule has 0 unspecified atom stereocenters. The van der Waals surface area contributed by atoms with Crippen molar-refractivity contribution in [1.82, 2.24) is 5.32 Å². The minimum absolute atomic E-state index is 0.0733. The average molecular weight is 230 g/mol. The zero-order valence-corrected chi connectivity index (χ0v) is 10.5. The average Bonchev–Trinajstić information content (AvgIpc) is 2.24. The van der Waals surface area contributed by atoms with Gasteiger partial charge < -0.3 is 11.1 Å². The lowest BCUT2D eigenvalue weighted by Gasteiger charge is -2.20. The topological polar surface area (TPSA) is 55.1 Å². The highest BCUT2D eigenvalue weighted by molar-refractivity contribution is 5.94. The highest BCUT2D eigenvalue weighted by Gasteiger charge is 2.14. The molecule has 0 fully saturated rings. The lowest BCUT2D eigenvalue weighted by Crippen LogP contribution is -2.40. The van der Waals surface area contributed by atoms with E-state index in [-0.39, 0.29) is 11.4 Å². The van der Waals surface area contributed by atoms with Crippen LogP contribution in [0, 0.1) is 11.8 Å². The van der Waals surface area contributed by atoms with Crippen LogP contribution in [0.4, 0.5) is 0 Å². The lowest BCUT2D eigenvalue weighted by molar-refractivity contribution is 0.0919. The van der Waals surface area contributed by atoms with Gasteiger partial charge in [0.1, 0.15) is 0 Å². The van der Waals surface area contributed by atoms with Crippen molar-refractivity contribution < 1.29 is 4.79 Å². The summed E-state index contributed by atoms with van der Waals surface area (Å²) in [5.74, 6) is 5.61. The van der Waals surface area contributed by atoms with Gasteiger partial charge in [0, 0.05) is 16.7 Å². The Labute approximate surface area is 102 Å². The summed E-state index contributed by atoms with van der Waals surface area (Å²) < 4.78 is 0. The number of hydrogen-bond acceptors (Lipinski definition) is 2. The molecule has 90 valence electrons. The van der Waals surface area contributed by atoms with Crippen molar-refractivity contribution in [2.75, 3.05) is 6.54 Å². The molecule has 0 bridgehead atoms. The number of nitrogens with two attached hydrogens (primary N) is 1. The summed E-state index contributed by atoms with van der Waals surface area (Å²) >= 11 is 0. The molecule has 1 aromatic rings. The first-order valence-electron chi connectivity index (χ1n) is 5.54. The van der Waals surface area contributed by atoms with Crippen LogP contribution in [0.1, 0.15) is 36.7 Å². The summed E-state index contributed by atoms with van der Waals surface area (Å²) in [4.78, 5) is 11.8. The predicted molar refractivity (Wildman–Crippen MR) is 69.6 cm³/mol. The molecular formula is C14H18N2O. The van der Waals surface area contributed by atoms with Gasteiger partial charge in [0.25, 0.3) is 5.91 Å². The first-order valence-corrected chi connectivity index (χ1v) is 5.54. The Morgan fingerprint density at radius 1 is 1.29 bits per heavy atom. The normalized spacial score (nSPS) is 10.4. The van der Waals surface area contributed by atoms with Crippen molar-refractivity contribution in [2.24, 2.45) is 5.73 Å². The molecule has 0 saturated heterocycles. The number of benzene rings is 1. The smallest absolute Gasteiger partial charge is 0.251 e. The number of carbonyl (C=O) groups excluding carboxylic acids is 1. The Morgan fingerprint density at radius 3 is 2.35 bits per heavy atom. The van der Waals surface area contributed by atoms with Crippen LogP contribution in [-0.2, 0) is 0 Å². The zero-order chi connectivity index (χ0) is 12.9. The maximum atomic E-state index is 11.8. The molecule has 17 heavy (non-hydrogen) atoms. The van der Waals surface area contributed by atoms with Crippen molar-refractivity contribution in [3.8, 4) is 11.8 Å². The van der Waals surface area contributed by atoms with E-state index in [0.717, 1.165) is 5.56 Å². The van der Waals surface area contributed by atoms with E-state index in [4.69, 9.17) is 5.73 Å². The minimum Gasteiger partial charge on any atom is -0.347 e. The van der Waals surface area contributed by atoms with E-state index in [1.165, 1.54) is 0 Å². The van der Waals surface area contributed by atoms with Gasteiger partial charge in [-0.15, -0.1) is 0 Å². The number of hydrogen-bond donors (Lipinski definition) is 2. The summed E-state index contributed by atoms with van der Waals surface area (Å²) in [7, 11) is 0. The highest BCUT2D eigenvalue weighted by atomic mass is 16.1. The van der Waals surface area contributed by atoms with Crippen molar-refractivity contribution in [2.45, 2.75) is 26.3 Å². The molecule has 0 radical (unpaired) electrons. The second-order valence-electron chi connectivity index (χ2n) is 4.79. The Hall–Kier alpha value is -1.79. The Morgan fingerprint density at radius 2 is 1.88 bits per heavy atom. The van der Waals surface area contributed by atoms with Crippen LogP contribution in [0.15, 0.2) is 24.3 Å². The Balaban J connectivity index is 2.77. The van der Waals surface area contributed by atoms with E-state index in [0.29, 0.717) is 12.1 Å². The van der Waals surface area contributed by atoms with Gasteiger partial charge in [-0.1, -0.05) is 11.8 Å². The second kappa shape index (κ2) is 5.51. The molecule has 1 rings (SSSR count). The van der Waals surface area contributed by atoms with E-state index in [1.54, 1.807) is 12.1 Å². The molecule has 0 aliphatic heterocycles. The zero-order valence-electron chi connectivity index (χ0n) is 10.5. The summed E-state index contributed by atoms with van der Waals surface area (Å²) in [6.45, 7) is 6.19. The molecule has 0 aromatic heterocycles. The molecule has 0 saturated carbocycles. The SMILES string of the molecule is CC(C)(C)NC(=O)c1ccc(C#CCN)cc1. The molecule has 0 aliphatic rings. The van der Waals surface area contributed by atoms with E-state index >= 15 is 0 Å². The third kappa shape index (κ3) is 4.71. The van der Waals surface area contributed by atoms with Gasteiger partial charge in [0.15, 0.2) is 0 Å². The van der Waals surface area contributed by atoms with Crippen LogP contribution in [0.5, 0.6) is 0 Å². The minimum atomic E-state index is -0.227. The van der Waals surface area contributed by atoms with Crippen LogP contribution in [0.25, 0.3) is 0 Å². The monoisotopic (exact) mass is 230 g/mol. The molecule has 1 aromatic carbocycles. The predicted octanol–water partition coefficient (Wildman–Crippen LogP) is 1.53. The maximum Gasteiger partial charge on any atom is 0.251 e. The molecule has 3 N–H and O–H groups in total. The fourth-order valence-corrected chi connectivity index (χ4v) is 1.27. The van der Waals surface area contributed by atoms with Gasteiger partial charge in [-0.2, -0.15) is 0 Å². The fraction of sp³-hybridized carbons (Fsp3) is 0.357. The largest absolute Gasteiger partial charge is 0.347 e. The molecule has 0 heterocycles. The first kappa shape index (κ1) is 13.3. The Bertz CT molecular complexity index is 444. The fourth-order valence-electron chi connectivity index (χ4n) is 1.27. The first-order chi connectivity index (χ1) is 7.92. The molecule has 0 spiro atoms. The van der Waals surface area contributed by atoms with E-state index in [9.17, 15) is 4.79 Å². The van der Waals surface area contributed by atoms with Gasteiger partial charge in [-0.3, -0.25) is 4.79 Å². The number of carbonyl (C=O) groups is 1. The van der Waals surface area contributed by atoms with Crippen molar-refractivity contribution in [1.29, 1.82) is 0 Å². The third-order valence-corrected chi connectivity index (χ3v) is 1.97. The molecule has 1 amide bonds. The van der Waals surface area contributed by atoms with Crippen LogP contribution < -0.4 is 11.1 Å². The quantitative estimate of drug-likeness (QED) is 0.719. The molecule has 3 heteroatoms. The van der Waals surface area contributed by atoms with Crippen LogP contribution in [0.2, 0.25) is 0 Å². The molecule has 0 atom stereocenters. The van der Waals surface area contributed by atoms with Gasteiger partial charge in [0.2, 0.25) is 0 Å². The van der Waals surface area contributed by atoms with Gasteiger partial charge >= 0.3 is 0 Å². The summed E-state index contributed by atoms with van der Waals surface area (Å²) in [5, 5.41) is 2.90. The molecule has 0 aliphatic carbocycles. The summed E-state index contributed by atoms with van der Waals surface area (Å²) in [6, 6.07) is 7.17. The van der Waals surface area contributed by atoms with E-state index in [2.05, 4.69) is 17.2 Å². The maximum absolute atomic E-state index is 11.8. The number of rotatable bonds is 1. The van der Waals surface area contributed by atoms with Gasteiger partial charge in [-0.05, 0) is 45.0 Å². The van der Waals surface area contributed by atoms with Crippen LogP contribution in [-0.4, -0.2) is 18.0 Å². The van der Waals surface area contributed by atoms with E-state index in [1.807, 2.05) is 32.9 Å². The van der Waals surface area contributed by atoms with Crippen LogP contribution >= 0.6 is 0 Å². The number of nitrogens with one attached hydrogen (secondary N) is 1. The Kier molecular flexibility index (Phi) is 4.30. The van der Waals surface area contributed by atoms with Gasteiger partial charge in [0.05, 0.1) is 6.54 Å². The second-order valence-corrected chi connectivity index (χ2v) is 4.79. The molecular weight excluding hydrogens is 212 g/mol. The highest BCUT2D eigenvalue weighted by Crippen LogP contribution is 2.06. The summed E-state index contributed by atoms with van der Waals surface area (Å²) in [6.07, 6.45) is 0. The number of amides is 1. The molecule has 3 nitrogen and oxygen atoms in total. The van der Waals surface area contributed by atoms with Crippen molar-refractivity contribution in [3.05, 3.63) is 35.4 Å². The van der Waals surface area contributed by atoms with E-state index < -0.39 is 0 Å².